The molecule has 2 aromatic carbocycles. The number of nitrogens with zero attached hydrogens (tertiary/aromatic N) is 1. The van der Waals surface area contributed by atoms with Crippen molar-refractivity contribution in [2.45, 2.75) is 65.3 Å². The molecule has 2 aromatic rings. The molecular formula is C30H39NO5. The minimum absolute atomic E-state index is 0.0305. The van der Waals surface area contributed by atoms with Crippen LogP contribution in [0, 0.1) is 6.92 Å². The van der Waals surface area contributed by atoms with Crippen LogP contribution in [0.15, 0.2) is 48.0 Å². The molecule has 0 aliphatic carbocycles. The van der Waals surface area contributed by atoms with Gasteiger partial charge in [-0.3, -0.25) is 9.59 Å². The fourth-order valence-electron chi connectivity index (χ4n) is 4.44. The first kappa shape index (κ1) is 27.5. The highest BCUT2D eigenvalue weighted by Gasteiger charge is 2.45. The first-order valence-electron chi connectivity index (χ1n) is 12.7. The number of methoxy groups -OCH3 is 1. The van der Waals surface area contributed by atoms with Crippen LogP contribution in [-0.2, 0) is 19.7 Å². The SMILES string of the molecule is CCCCOc1ccc(C(O)=C2C(=O)C(=O)N(CCCOC)C2c2ccc(C(C)(C)C)cc2)cc1C. The van der Waals surface area contributed by atoms with Crippen LogP contribution in [0.2, 0.25) is 0 Å². The molecular weight excluding hydrogens is 454 g/mol. The van der Waals surface area contributed by atoms with E-state index >= 15 is 0 Å². The highest BCUT2D eigenvalue weighted by Crippen LogP contribution is 2.40. The normalized spacial score (nSPS) is 17.6. The summed E-state index contributed by atoms with van der Waals surface area (Å²) in [6.45, 7) is 11.9. The van der Waals surface area contributed by atoms with Crippen molar-refractivity contribution < 1.29 is 24.2 Å². The second-order valence-electron chi connectivity index (χ2n) is 10.4. The van der Waals surface area contributed by atoms with E-state index in [1.165, 1.54) is 0 Å². The van der Waals surface area contributed by atoms with Gasteiger partial charge in [0.1, 0.15) is 11.5 Å². The molecule has 1 heterocycles. The number of rotatable bonds is 10. The maximum absolute atomic E-state index is 13.2. The van der Waals surface area contributed by atoms with E-state index in [1.807, 2.05) is 37.3 Å². The van der Waals surface area contributed by atoms with Crippen molar-refractivity contribution in [2.75, 3.05) is 26.9 Å². The number of ketones is 1. The summed E-state index contributed by atoms with van der Waals surface area (Å²) in [6, 6.07) is 12.6. The van der Waals surface area contributed by atoms with Gasteiger partial charge in [0.15, 0.2) is 0 Å². The van der Waals surface area contributed by atoms with E-state index in [0.717, 1.165) is 35.3 Å². The van der Waals surface area contributed by atoms with Crippen LogP contribution < -0.4 is 4.74 Å². The lowest BCUT2D eigenvalue weighted by molar-refractivity contribution is -0.140. The number of amides is 1. The molecule has 0 aromatic heterocycles. The summed E-state index contributed by atoms with van der Waals surface area (Å²) in [7, 11) is 1.61. The number of carbonyl (C=O) groups is 2. The molecule has 1 aliphatic heterocycles. The Morgan fingerprint density at radius 1 is 1.03 bits per heavy atom. The van der Waals surface area contributed by atoms with E-state index in [4.69, 9.17) is 9.47 Å². The number of aryl methyl sites for hydroxylation is 1. The van der Waals surface area contributed by atoms with Gasteiger partial charge in [0.05, 0.1) is 18.2 Å². The number of Topliss-reactive ketones (excluding diaryl/α,β-unsaturated/α-hetero) is 1. The number of aliphatic hydroxyl groups excluding tert-OH is 1. The van der Waals surface area contributed by atoms with Crippen molar-refractivity contribution in [3.05, 3.63) is 70.3 Å². The van der Waals surface area contributed by atoms with Crippen molar-refractivity contribution in [2.24, 2.45) is 0 Å². The summed E-state index contributed by atoms with van der Waals surface area (Å²) in [5.41, 5.74) is 3.36. The minimum atomic E-state index is -0.671. The van der Waals surface area contributed by atoms with Gasteiger partial charge in [0.2, 0.25) is 0 Å². The van der Waals surface area contributed by atoms with Gasteiger partial charge in [0.25, 0.3) is 11.7 Å². The topological polar surface area (TPSA) is 76.1 Å². The molecule has 1 aliphatic rings. The molecule has 0 bridgehead atoms. The highest BCUT2D eigenvalue weighted by atomic mass is 16.5. The molecule has 1 fully saturated rings. The van der Waals surface area contributed by atoms with Crippen molar-refractivity contribution >= 4 is 17.4 Å². The maximum Gasteiger partial charge on any atom is 0.295 e. The van der Waals surface area contributed by atoms with Crippen molar-refractivity contribution in [1.29, 1.82) is 0 Å². The highest BCUT2D eigenvalue weighted by molar-refractivity contribution is 6.46. The number of hydrogen-bond acceptors (Lipinski definition) is 5. The lowest BCUT2D eigenvalue weighted by Gasteiger charge is -2.26. The van der Waals surface area contributed by atoms with Crippen LogP contribution in [0.3, 0.4) is 0 Å². The molecule has 1 N–H and O–H groups in total. The predicted molar refractivity (Wildman–Crippen MR) is 142 cm³/mol. The van der Waals surface area contributed by atoms with Crippen molar-refractivity contribution in [3.8, 4) is 5.75 Å². The quantitative estimate of drug-likeness (QED) is 0.192. The Balaban J connectivity index is 2.05. The van der Waals surface area contributed by atoms with Gasteiger partial charge in [-0.15, -0.1) is 0 Å². The Hall–Kier alpha value is -3.12. The van der Waals surface area contributed by atoms with Crippen LogP contribution in [0.5, 0.6) is 5.75 Å². The fraction of sp³-hybridized carbons (Fsp3) is 0.467. The van der Waals surface area contributed by atoms with Gasteiger partial charge in [0, 0.05) is 25.8 Å². The first-order chi connectivity index (χ1) is 17.1. The third-order valence-electron chi connectivity index (χ3n) is 6.58. The summed E-state index contributed by atoms with van der Waals surface area (Å²) < 4.78 is 11.0. The Bertz CT molecular complexity index is 1110. The Labute approximate surface area is 214 Å². The molecule has 1 saturated heterocycles. The zero-order valence-electron chi connectivity index (χ0n) is 22.4. The number of ether oxygens (including phenoxy) is 2. The van der Waals surface area contributed by atoms with E-state index in [9.17, 15) is 14.7 Å². The van der Waals surface area contributed by atoms with Crippen LogP contribution in [0.4, 0.5) is 0 Å². The Morgan fingerprint density at radius 2 is 1.72 bits per heavy atom. The van der Waals surface area contributed by atoms with Gasteiger partial charge >= 0.3 is 0 Å². The summed E-state index contributed by atoms with van der Waals surface area (Å²) >= 11 is 0. The molecule has 194 valence electrons. The predicted octanol–water partition coefficient (Wildman–Crippen LogP) is 5.93. The molecule has 0 saturated carbocycles. The molecule has 1 atom stereocenters. The number of aliphatic hydroxyl groups is 1. The van der Waals surface area contributed by atoms with E-state index in [0.29, 0.717) is 31.7 Å². The van der Waals surface area contributed by atoms with Gasteiger partial charge in [-0.05, 0) is 60.1 Å². The van der Waals surface area contributed by atoms with Gasteiger partial charge in [-0.1, -0.05) is 58.4 Å². The van der Waals surface area contributed by atoms with E-state index in [-0.39, 0.29) is 16.7 Å². The number of likely N-dealkylation sites (tertiary alicyclic amines) is 1. The van der Waals surface area contributed by atoms with Crippen molar-refractivity contribution in [1.82, 2.24) is 4.90 Å². The van der Waals surface area contributed by atoms with Gasteiger partial charge in [-0.25, -0.2) is 0 Å². The lowest BCUT2D eigenvalue weighted by Crippen LogP contribution is -2.31. The third kappa shape index (κ3) is 5.98. The maximum atomic E-state index is 13.2. The molecule has 3 rings (SSSR count). The molecule has 6 nitrogen and oxygen atoms in total. The van der Waals surface area contributed by atoms with E-state index < -0.39 is 17.7 Å². The van der Waals surface area contributed by atoms with E-state index in [1.54, 1.807) is 24.1 Å². The Kier molecular flexibility index (Phi) is 8.96. The van der Waals surface area contributed by atoms with Crippen LogP contribution >= 0.6 is 0 Å². The number of carbonyl (C=O) groups excluding carboxylic acids is 2. The average molecular weight is 494 g/mol. The second-order valence-corrected chi connectivity index (χ2v) is 10.4. The minimum Gasteiger partial charge on any atom is -0.507 e. The average Bonchev–Trinajstić information content (AvgIpc) is 3.09. The summed E-state index contributed by atoms with van der Waals surface area (Å²) in [5.74, 6) is -0.699. The number of unbranched alkanes of at least 4 members (excludes halogenated alkanes) is 1. The molecule has 1 unspecified atom stereocenters. The van der Waals surface area contributed by atoms with E-state index in [2.05, 4.69) is 27.7 Å². The number of benzene rings is 2. The first-order valence-corrected chi connectivity index (χ1v) is 12.7. The smallest absolute Gasteiger partial charge is 0.295 e. The zero-order chi connectivity index (χ0) is 26.5. The molecule has 6 heteroatoms. The van der Waals surface area contributed by atoms with Gasteiger partial charge < -0.3 is 19.5 Å². The Morgan fingerprint density at radius 3 is 2.31 bits per heavy atom. The monoisotopic (exact) mass is 493 g/mol. The van der Waals surface area contributed by atoms with Crippen LogP contribution in [0.25, 0.3) is 5.76 Å². The fourth-order valence-corrected chi connectivity index (χ4v) is 4.44. The van der Waals surface area contributed by atoms with Crippen molar-refractivity contribution in [3.63, 3.8) is 0 Å². The molecule has 36 heavy (non-hydrogen) atoms. The second kappa shape index (κ2) is 11.7. The molecule has 0 spiro atoms. The summed E-state index contributed by atoms with van der Waals surface area (Å²) in [4.78, 5) is 27.9. The standard InChI is InChI=1S/C30H39NO5/c1-7-8-18-36-24-15-12-22(19-20(24)2)27(32)25-26(21-10-13-23(14-11-21)30(3,4)5)31(16-9-17-35-6)29(34)28(25)33/h10-15,19,26,32H,7-9,16-18H2,1-6H3. The molecule has 1 amide bonds. The van der Waals surface area contributed by atoms with Crippen LogP contribution in [0.1, 0.15) is 75.3 Å². The van der Waals surface area contributed by atoms with Crippen LogP contribution in [-0.4, -0.2) is 48.6 Å². The largest absolute Gasteiger partial charge is 0.507 e. The third-order valence-corrected chi connectivity index (χ3v) is 6.58. The lowest BCUT2D eigenvalue weighted by atomic mass is 9.85. The van der Waals surface area contributed by atoms with Gasteiger partial charge in [-0.2, -0.15) is 0 Å². The summed E-state index contributed by atoms with van der Waals surface area (Å²) in [5, 5.41) is 11.4. The zero-order valence-corrected chi connectivity index (χ0v) is 22.4. The number of hydrogen-bond donors (Lipinski definition) is 1. The molecule has 0 radical (unpaired) electrons. The summed E-state index contributed by atoms with van der Waals surface area (Å²) in [6.07, 6.45) is 2.59.